The van der Waals surface area contributed by atoms with E-state index >= 15 is 0 Å². The molecule has 25 heavy (non-hydrogen) atoms. The lowest BCUT2D eigenvalue weighted by atomic mass is 10.2. The van der Waals surface area contributed by atoms with E-state index in [9.17, 15) is 0 Å². The van der Waals surface area contributed by atoms with Gasteiger partial charge in [0.25, 0.3) is 0 Å². The van der Waals surface area contributed by atoms with E-state index in [-0.39, 0.29) is 0 Å². The Morgan fingerprint density at radius 2 is 1.72 bits per heavy atom. The van der Waals surface area contributed by atoms with Crippen LogP contribution in [-0.2, 0) is 0 Å². The first-order chi connectivity index (χ1) is 12.3. The molecule has 2 aromatic carbocycles. The van der Waals surface area contributed by atoms with E-state index < -0.39 is 0 Å². The van der Waals surface area contributed by atoms with Crippen LogP contribution in [0.15, 0.2) is 71.7 Å². The number of halogens is 1. The zero-order valence-electron chi connectivity index (χ0n) is 12.7. The molecule has 0 bridgehead atoms. The van der Waals surface area contributed by atoms with Gasteiger partial charge in [-0.2, -0.15) is 4.37 Å². The summed E-state index contributed by atoms with van der Waals surface area (Å²) in [7, 11) is 2.69. The molecule has 0 aliphatic heterocycles. The van der Waals surface area contributed by atoms with Crippen LogP contribution in [0.5, 0.6) is 5.75 Å². The van der Waals surface area contributed by atoms with Gasteiger partial charge in [0, 0.05) is 22.2 Å². The molecule has 0 aliphatic carbocycles. The van der Waals surface area contributed by atoms with Gasteiger partial charge in [-0.25, -0.2) is 4.99 Å². The maximum Gasteiger partial charge on any atom is 0.194 e. The molecule has 4 rings (SSSR count). The smallest absolute Gasteiger partial charge is 0.194 e. The molecule has 5 nitrogen and oxygen atoms in total. The van der Waals surface area contributed by atoms with Crippen molar-refractivity contribution >= 4 is 38.3 Å². The van der Waals surface area contributed by atoms with Gasteiger partial charge >= 0.3 is 0 Å². The summed E-state index contributed by atoms with van der Waals surface area (Å²) in [6.07, 6.45) is 0. The summed E-state index contributed by atoms with van der Waals surface area (Å²) in [6.45, 7) is 0. The fraction of sp³-hybridized carbons (Fsp3) is 0. The Kier molecular flexibility index (Phi) is 4.60. The Morgan fingerprint density at radius 1 is 1.00 bits per heavy atom. The molecule has 0 unspecified atom stereocenters. The lowest BCUT2D eigenvalue weighted by Crippen LogP contribution is -2.08. The molecular formula is C17H11ClN4OS2. The van der Waals surface area contributed by atoms with E-state index in [4.69, 9.17) is 16.4 Å². The fourth-order valence-corrected chi connectivity index (χ4v) is 4.14. The van der Waals surface area contributed by atoms with E-state index in [2.05, 4.69) is 14.5 Å². The summed E-state index contributed by atoms with van der Waals surface area (Å²) in [5, 5.41) is 4.91. The summed E-state index contributed by atoms with van der Waals surface area (Å²) in [4.78, 5) is 11.8. The van der Waals surface area contributed by atoms with Gasteiger partial charge in [0.2, 0.25) is 0 Å². The van der Waals surface area contributed by atoms with Gasteiger partial charge in [0.15, 0.2) is 21.4 Å². The number of para-hydroxylation sites is 1. The Balaban J connectivity index is 1.80. The summed E-state index contributed by atoms with van der Waals surface area (Å²) in [5.74, 6) is 1.21. The average Bonchev–Trinajstić information content (AvgIpc) is 3.24. The Hall–Kier alpha value is -2.48. The van der Waals surface area contributed by atoms with Crippen molar-refractivity contribution in [2.75, 3.05) is 0 Å². The fourth-order valence-electron chi connectivity index (χ4n) is 2.16. The van der Waals surface area contributed by atoms with Crippen molar-refractivity contribution < 1.29 is 4.84 Å². The number of hydrogen-bond acceptors (Lipinski definition) is 6. The third-order valence-corrected chi connectivity index (χ3v) is 5.46. The summed E-state index contributed by atoms with van der Waals surface area (Å²) in [5.41, 5.74) is 1.74. The number of nitrogens with zero attached hydrogens (tertiary/aromatic N) is 4. The zero-order chi connectivity index (χ0) is 17.1. The van der Waals surface area contributed by atoms with Crippen molar-refractivity contribution in [1.82, 2.24) is 14.3 Å². The van der Waals surface area contributed by atoms with Gasteiger partial charge in [0.05, 0.1) is 5.69 Å². The first-order valence-electron chi connectivity index (χ1n) is 7.35. The number of hydrogen-bond donors (Lipinski definition) is 0. The monoisotopic (exact) mass is 386 g/mol. The van der Waals surface area contributed by atoms with Crippen molar-refractivity contribution in [3.05, 3.63) is 76.6 Å². The Morgan fingerprint density at radius 3 is 2.40 bits per heavy atom. The van der Waals surface area contributed by atoms with E-state index in [0.29, 0.717) is 21.4 Å². The van der Waals surface area contributed by atoms with Crippen molar-refractivity contribution in [2.24, 2.45) is 4.99 Å². The molecule has 8 heteroatoms. The molecule has 0 atom stereocenters. The zero-order valence-corrected chi connectivity index (χ0v) is 15.1. The highest BCUT2D eigenvalue weighted by Crippen LogP contribution is 2.25. The highest BCUT2D eigenvalue weighted by atomic mass is 35.5. The van der Waals surface area contributed by atoms with Crippen LogP contribution in [0.25, 0.3) is 11.3 Å². The molecule has 0 spiro atoms. The van der Waals surface area contributed by atoms with E-state index in [1.165, 1.54) is 25.7 Å². The highest BCUT2D eigenvalue weighted by molar-refractivity contribution is 7.66. The Bertz CT molecular complexity index is 1040. The van der Waals surface area contributed by atoms with Gasteiger partial charge in [-0.1, -0.05) is 65.0 Å². The van der Waals surface area contributed by atoms with Crippen LogP contribution in [0, 0.1) is 0 Å². The first kappa shape index (κ1) is 16.0. The van der Waals surface area contributed by atoms with Crippen molar-refractivity contribution in [1.29, 1.82) is 0 Å². The van der Waals surface area contributed by atoms with Crippen LogP contribution in [0.2, 0.25) is 5.15 Å². The van der Waals surface area contributed by atoms with Gasteiger partial charge in [-0.15, -0.1) is 5.10 Å². The summed E-state index contributed by atoms with van der Waals surface area (Å²) in [6, 6.07) is 21.2. The normalized spacial score (nSPS) is 11.6. The van der Waals surface area contributed by atoms with Gasteiger partial charge in [-0.3, -0.25) is 0 Å². The van der Waals surface area contributed by atoms with Gasteiger partial charge in [0.1, 0.15) is 0 Å². The van der Waals surface area contributed by atoms with E-state index in [1.54, 1.807) is 0 Å². The topological polar surface area (TPSA) is 52.3 Å². The quantitative estimate of drug-likeness (QED) is 0.473. The molecule has 0 aliphatic rings. The predicted molar refractivity (Wildman–Crippen MR) is 100 cm³/mol. The third-order valence-electron chi connectivity index (χ3n) is 3.29. The Labute approximate surface area is 156 Å². The molecule has 2 heterocycles. The highest BCUT2D eigenvalue weighted by Gasteiger charge is 2.11. The minimum atomic E-state index is 0.378. The third kappa shape index (κ3) is 3.63. The lowest BCUT2D eigenvalue weighted by molar-refractivity contribution is 0.184. The van der Waals surface area contributed by atoms with Gasteiger partial charge < -0.3 is 4.84 Å². The van der Waals surface area contributed by atoms with Crippen molar-refractivity contribution in [3.8, 4) is 17.0 Å². The molecular weight excluding hydrogens is 376 g/mol. The molecule has 0 radical (unpaired) electrons. The maximum atomic E-state index is 6.07. The van der Waals surface area contributed by atoms with E-state index in [0.717, 1.165) is 11.3 Å². The molecule has 0 saturated carbocycles. The van der Waals surface area contributed by atoms with Crippen LogP contribution >= 0.6 is 32.5 Å². The second kappa shape index (κ2) is 7.18. The molecule has 0 saturated heterocycles. The second-order valence-corrected chi connectivity index (χ2v) is 7.18. The predicted octanol–water partition coefficient (Wildman–Crippen LogP) is 4.80. The number of benzene rings is 2. The average molecular weight is 387 g/mol. The minimum absolute atomic E-state index is 0.378. The standard InChI is InChI=1S/C17H11ClN4OS2/c18-16-17(24-25-21-16)19-15-11-14(12-7-3-1-4-8-12)20-22(15)23-13-9-5-2-6-10-13/h1-11H/b19-17-. The van der Waals surface area contributed by atoms with Crippen molar-refractivity contribution in [2.45, 2.75) is 0 Å². The second-order valence-electron chi connectivity index (χ2n) is 4.99. The number of aromatic nitrogens is 3. The van der Waals surface area contributed by atoms with E-state index in [1.807, 2.05) is 66.7 Å². The van der Waals surface area contributed by atoms with Crippen LogP contribution in [0.3, 0.4) is 0 Å². The lowest BCUT2D eigenvalue weighted by Gasteiger charge is -2.05. The van der Waals surface area contributed by atoms with Crippen molar-refractivity contribution in [3.63, 3.8) is 0 Å². The van der Waals surface area contributed by atoms with Crippen LogP contribution in [-0.4, -0.2) is 14.3 Å². The molecule has 4 aromatic rings. The largest absolute Gasteiger partial charge is 0.356 e. The van der Waals surface area contributed by atoms with Crippen LogP contribution < -0.4 is 9.51 Å². The SMILES string of the molecule is Clc1nss/c1=N\c1cc(-c2ccccc2)nn1Oc1ccccc1. The molecule has 124 valence electrons. The molecule has 0 amide bonds. The molecule has 0 N–H and O–H groups in total. The van der Waals surface area contributed by atoms with Crippen LogP contribution in [0.4, 0.5) is 5.82 Å². The minimum Gasteiger partial charge on any atom is -0.356 e. The summed E-state index contributed by atoms with van der Waals surface area (Å²) < 4.78 is 4.68. The maximum absolute atomic E-state index is 6.07. The summed E-state index contributed by atoms with van der Waals surface area (Å²) >= 11 is 6.07. The van der Waals surface area contributed by atoms with Gasteiger partial charge in [-0.05, 0) is 22.5 Å². The molecule has 0 fully saturated rings. The molecule has 2 aromatic heterocycles. The first-order valence-corrected chi connectivity index (χ1v) is 9.83. The van der Waals surface area contributed by atoms with Crippen LogP contribution in [0.1, 0.15) is 0 Å². The number of rotatable bonds is 4.